The third kappa shape index (κ3) is 5.51. The normalized spacial score (nSPS) is 12.8. The minimum absolute atomic E-state index is 0.512. The van der Waals surface area contributed by atoms with Crippen molar-refractivity contribution in [3.8, 4) is 33.4 Å². The topological polar surface area (TPSA) is 16.4 Å². The summed E-state index contributed by atoms with van der Waals surface area (Å²) in [6, 6.07) is 86.6. The van der Waals surface area contributed by atoms with Crippen molar-refractivity contribution in [1.82, 2.24) is 0 Å². The molecule has 0 aliphatic heterocycles. The van der Waals surface area contributed by atoms with E-state index in [0.717, 1.165) is 50.1 Å². The lowest BCUT2D eigenvalue weighted by Crippen LogP contribution is -2.28. The molecule has 1 aliphatic rings. The van der Waals surface area contributed by atoms with Crippen molar-refractivity contribution in [1.29, 1.82) is 0 Å². The smallest absolute Gasteiger partial charge is 0.135 e. The number of furan rings is 1. The van der Waals surface area contributed by atoms with E-state index in [0.29, 0.717) is 0 Å². The zero-order chi connectivity index (χ0) is 42.2. The lowest BCUT2D eigenvalue weighted by molar-refractivity contribution is 0.669. The molecule has 2 heterocycles. The minimum atomic E-state index is -0.512. The molecule has 12 aromatic rings. The van der Waals surface area contributed by atoms with Crippen LogP contribution >= 0.6 is 11.3 Å². The molecule has 13 rings (SSSR count). The van der Waals surface area contributed by atoms with Gasteiger partial charge in [-0.1, -0.05) is 176 Å². The van der Waals surface area contributed by atoms with Crippen LogP contribution in [0.15, 0.2) is 241 Å². The molecule has 1 aliphatic carbocycles. The average Bonchev–Trinajstić information content (AvgIpc) is 4.04. The molecule has 0 radical (unpaired) electrons. The van der Waals surface area contributed by atoms with Crippen LogP contribution in [0.3, 0.4) is 0 Å². The van der Waals surface area contributed by atoms with Crippen LogP contribution in [0.5, 0.6) is 0 Å². The fourth-order valence-corrected chi connectivity index (χ4v) is 11.7. The Balaban J connectivity index is 1.01. The summed E-state index contributed by atoms with van der Waals surface area (Å²) in [6.45, 7) is 0. The monoisotopic (exact) mass is 833 g/mol. The van der Waals surface area contributed by atoms with Crippen LogP contribution in [0.25, 0.3) is 75.5 Å². The number of benzene rings is 10. The van der Waals surface area contributed by atoms with E-state index in [9.17, 15) is 0 Å². The van der Waals surface area contributed by atoms with Crippen molar-refractivity contribution >= 4 is 70.5 Å². The summed E-state index contributed by atoms with van der Waals surface area (Å²) in [4.78, 5) is 2.46. The standard InChI is InChI=1S/C61H39NOS/c1-3-15-43(16-4-1)61(44-17-5-2-6-18-44)52-23-10-7-20-49(52)60-53(61)24-14-25-54(60)62(45-34-29-40(30-35-45)42-33-38-56-51(39-42)48-19-8-11-26-55(48)63-56)46-36-31-41(32-37-46)47-22-13-28-58-59(47)50-21-9-12-27-57(50)64-58/h1-39H. The summed E-state index contributed by atoms with van der Waals surface area (Å²) in [7, 11) is 0. The van der Waals surface area contributed by atoms with E-state index >= 15 is 0 Å². The predicted octanol–water partition coefficient (Wildman–Crippen LogP) is 17.1. The Morgan fingerprint density at radius 3 is 1.70 bits per heavy atom. The van der Waals surface area contributed by atoms with Gasteiger partial charge in [0.25, 0.3) is 0 Å². The first kappa shape index (κ1) is 36.7. The van der Waals surface area contributed by atoms with Gasteiger partial charge in [0.05, 0.1) is 11.1 Å². The molecular weight excluding hydrogens is 795 g/mol. The fourth-order valence-electron chi connectivity index (χ4n) is 10.6. The van der Waals surface area contributed by atoms with Crippen LogP contribution in [-0.4, -0.2) is 0 Å². The Kier molecular flexibility index (Phi) is 8.34. The third-order valence-corrected chi connectivity index (χ3v) is 14.5. The van der Waals surface area contributed by atoms with Crippen molar-refractivity contribution in [2.45, 2.75) is 5.41 Å². The van der Waals surface area contributed by atoms with E-state index in [-0.39, 0.29) is 0 Å². The molecule has 2 nitrogen and oxygen atoms in total. The maximum atomic E-state index is 6.19. The molecule has 0 unspecified atom stereocenters. The molecule has 0 atom stereocenters. The van der Waals surface area contributed by atoms with Crippen LogP contribution in [0, 0.1) is 0 Å². The van der Waals surface area contributed by atoms with Gasteiger partial charge in [0, 0.05) is 47.9 Å². The second-order valence-electron chi connectivity index (χ2n) is 16.7. The highest BCUT2D eigenvalue weighted by molar-refractivity contribution is 7.25. The highest BCUT2D eigenvalue weighted by Crippen LogP contribution is 2.59. The molecule has 0 spiro atoms. The lowest BCUT2D eigenvalue weighted by atomic mass is 9.68. The molecular formula is C61H39NOS. The first-order chi connectivity index (χ1) is 31.7. The predicted molar refractivity (Wildman–Crippen MR) is 269 cm³/mol. The summed E-state index contributed by atoms with van der Waals surface area (Å²) in [5.74, 6) is 0. The molecule has 0 bridgehead atoms. The lowest BCUT2D eigenvalue weighted by Gasteiger charge is -2.34. The summed E-state index contributed by atoms with van der Waals surface area (Å²) in [6.07, 6.45) is 0. The Labute approximate surface area is 375 Å². The number of para-hydroxylation sites is 1. The number of rotatable bonds is 7. The number of fused-ring (bicyclic) bond motifs is 9. The maximum Gasteiger partial charge on any atom is 0.135 e. The minimum Gasteiger partial charge on any atom is -0.456 e. The molecule has 2 aromatic heterocycles. The van der Waals surface area contributed by atoms with Crippen molar-refractivity contribution in [3.05, 3.63) is 259 Å². The molecule has 0 N–H and O–H groups in total. The molecule has 0 fully saturated rings. The quantitative estimate of drug-likeness (QED) is 0.159. The summed E-state index contributed by atoms with van der Waals surface area (Å²) in [5.41, 5.74) is 16.9. The first-order valence-corrected chi connectivity index (χ1v) is 22.7. The van der Waals surface area contributed by atoms with E-state index < -0.39 is 5.41 Å². The van der Waals surface area contributed by atoms with E-state index in [1.807, 2.05) is 23.5 Å². The van der Waals surface area contributed by atoms with E-state index in [1.165, 1.54) is 64.7 Å². The van der Waals surface area contributed by atoms with Gasteiger partial charge in [-0.05, 0) is 111 Å². The van der Waals surface area contributed by atoms with Crippen molar-refractivity contribution in [2.24, 2.45) is 0 Å². The van der Waals surface area contributed by atoms with Crippen LogP contribution in [0.1, 0.15) is 22.3 Å². The summed E-state index contributed by atoms with van der Waals surface area (Å²) in [5, 5.41) is 4.89. The second-order valence-corrected chi connectivity index (χ2v) is 17.8. The summed E-state index contributed by atoms with van der Waals surface area (Å²) < 4.78 is 8.81. The van der Waals surface area contributed by atoms with Gasteiger partial charge in [-0.25, -0.2) is 0 Å². The second kappa shape index (κ2) is 14.6. The maximum absolute atomic E-state index is 6.19. The Morgan fingerprint density at radius 2 is 0.938 bits per heavy atom. The van der Waals surface area contributed by atoms with Gasteiger partial charge in [0.1, 0.15) is 11.2 Å². The Bertz CT molecular complexity index is 3670. The highest BCUT2D eigenvalue weighted by atomic mass is 32.1. The van der Waals surface area contributed by atoms with Crippen molar-refractivity contribution < 1.29 is 4.42 Å². The van der Waals surface area contributed by atoms with Gasteiger partial charge < -0.3 is 9.32 Å². The molecule has 0 saturated heterocycles. The van der Waals surface area contributed by atoms with Gasteiger partial charge in [0.2, 0.25) is 0 Å². The van der Waals surface area contributed by atoms with E-state index in [2.05, 4.69) is 229 Å². The Hall–Kier alpha value is -7.98. The molecule has 0 amide bonds. The average molecular weight is 834 g/mol. The van der Waals surface area contributed by atoms with E-state index in [1.54, 1.807) is 0 Å². The number of hydrogen-bond acceptors (Lipinski definition) is 3. The van der Waals surface area contributed by atoms with Gasteiger partial charge >= 0.3 is 0 Å². The van der Waals surface area contributed by atoms with Gasteiger partial charge in [0.15, 0.2) is 0 Å². The van der Waals surface area contributed by atoms with Crippen LogP contribution < -0.4 is 4.90 Å². The molecule has 64 heavy (non-hydrogen) atoms. The molecule has 0 saturated carbocycles. The van der Waals surface area contributed by atoms with Gasteiger partial charge in [-0.3, -0.25) is 0 Å². The Morgan fingerprint density at radius 1 is 0.375 bits per heavy atom. The third-order valence-electron chi connectivity index (χ3n) is 13.4. The SMILES string of the molecule is c1ccc(C2(c3ccccc3)c3ccccc3-c3c(N(c4ccc(-c5ccc6oc7ccccc7c6c5)cc4)c4ccc(-c5cccc6sc7ccccc7c56)cc4)cccc32)cc1. The molecule has 10 aromatic carbocycles. The van der Waals surface area contributed by atoms with Crippen molar-refractivity contribution in [2.75, 3.05) is 4.90 Å². The molecule has 300 valence electrons. The fraction of sp³-hybridized carbons (Fsp3) is 0.0164. The number of hydrogen-bond donors (Lipinski definition) is 0. The number of nitrogens with zero attached hydrogens (tertiary/aromatic N) is 1. The van der Waals surface area contributed by atoms with Crippen molar-refractivity contribution in [3.63, 3.8) is 0 Å². The zero-order valence-electron chi connectivity index (χ0n) is 34.8. The summed E-state index contributed by atoms with van der Waals surface area (Å²) >= 11 is 1.86. The van der Waals surface area contributed by atoms with Gasteiger partial charge in [-0.2, -0.15) is 0 Å². The number of anilines is 3. The molecule has 3 heteroatoms. The zero-order valence-corrected chi connectivity index (χ0v) is 35.6. The first-order valence-electron chi connectivity index (χ1n) is 21.9. The van der Waals surface area contributed by atoms with Crippen LogP contribution in [-0.2, 0) is 5.41 Å². The highest BCUT2D eigenvalue weighted by Gasteiger charge is 2.47. The number of thiophene rings is 1. The van der Waals surface area contributed by atoms with Crippen LogP contribution in [0.4, 0.5) is 17.1 Å². The van der Waals surface area contributed by atoms with Gasteiger partial charge in [-0.15, -0.1) is 11.3 Å². The van der Waals surface area contributed by atoms with E-state index in [4.69, 9.17) is 4.42 Å². The largest absolute Gasteiger partial charge is 0.456 e. The van der Waals surface area contributed by atoms with Crippen LogP contribution in [0.2, 0.25) is 0 Å².